The van der Waals surface area contributed by atoms with Gasteiger partial charge in [0, 0.05) is 18.2 Å². The fourth-order valence-corrected chi connectivity index (χ4v) is 4.67. The summed E-state index contributed by atoms with van der Waals surface area (Å²) < 4.78 is 23.2. The molecule has 0 spiro atoms. The van der Waals surface area contributed by atoms with Crippen LogP contribution in [0.3, 0.4) is 0 Å². The van der Waals surface area contributed by atoms with Gasteiger partial charge in [0.15, 0.2) is 15.7 Å². The SMILES string of the molecule is CCN(C(=O)NCc1nc(-c2ccccc2)n[nH]1)C1CCS(=O)(=O)C1. The third kappa shape index (κ3) is 4.16. The highest BCUT2D eigenvalue weighted by molar-refractivity contribution is 7.91. The Labute approximate surface area is 146 Å². The highest BCUT2D eigenvalue weighted by Crippen LogP contribution is 2.18. The number of hydrogen-bond acceptors (Lipinski definition) is 5. The van der Waals surface area contributed by atoms with Gasteiger partial charge in [0.2, 0.25) is 0 Å². The van der Waals surface area contributed by atoms with Crippen LogP contribution in [-0.2, 0) is 16.4 Å². The molecule has 2 N–H and O–H groups in total. The van der Waals surface area contributed by atoms with Crippen LogP contribution in [0.2, 0.25) is 0 Å². The number of rotatable bonds is 5. The molecule has 134 valence electrons. The summed E-state index contributed by atoms with van der Waals surface area (Å²) in [6.07, 6.45) is 0.490. The summed E-state index contributed by atoms with van der Waals surface area (Å²) in [6.45, 7) is 2.50. The van der Waals surface area contributed by atoms with E-state index in [0.29, 0.717) is 24.6 Å². The molecule has 2 amide bonds. The number of H-pyrrole nitrogens is 1. The maximum absolute atomic E-state index is 12.4. The van der Waals surface area contributed by atoms with Gasteiger partial charge in [0.1, 0.15) is 5.82 Å². The Morgan fingerprint density at radius 1 is 1.36 bits per heavy atom. The molecule has 1 fully saturated rings. The molecule has 0 aliphatic carbocycles. The number of nitrogens with one attached hydrogen (secondary N) is 2. The molecule has 1 atom stereocenters. The van der Waals surface area contributed by atoms with Crippen LogP contribution in [0, 0.1) is 0 Å². The number of aromatic nitrogens is 3. The molecular weight excluding hydrogens is 342 g/mol. The summed E-state index contributed by atoms with van der Waals surface area (Å²) >= 11 is 0. The summed E-state index contributed by atoms with van der Waals surface area (Å²) in [5.74, 6) is 1.29. The minimum atomic E-state index is -3.03. The van der Waals surface area contributed by atoms with Gasteiger partial charge in [-0.25, -0.2) is 18.2 Å². The van der Waals surface area contributed by atoms with Gasteiger partial charge in [0.05, 0.1) is 18.1 Å². The molecule has 1 aromatic heterocycles. The smallest absolute Gasteiger partial charge is 0.318 e. The van der Waals surface area contributed by atoms with E-state index in [9.17, 15) is 13.2 Å². The quantitative estimate of drug-likeness (QED) is 0.829. The first-order valence-electron chi connectivity index (χ1n) is 8.20. The van der Waals surface area contributed by atoms with Crippen molar-refractivity contribution < 1.29 is 13.2 Å². The summed E-state index contributed by atoms with van der Waals surface area (Å²) in [7, 11) is -3.03. The molecule has 0 radical (unpaired) electrons. The maximum Gasteiger partial charge on any atom is 0.318 e. The molecule has 1 aliphatic rings. The van der Waals surface area contributed by atoms with Crippen LogP contribution in [0.4, 0.5) is 4.79 Å². The van der Waals surface area contributed by atoms with Gasteiger partial charge < -0.3 is 10.2 Å². The lowest BCUT2D eigenvalue weighted by atomic mass is 10.2. The minimum Gasteiger partial charge on any atom is -0.331 e. The van der Waals surface area contributed by atoms with E-state index in [1.807, 2.05) is 37.3 Å². The largest absolute Gasteiger partial charge is 0.331 e. The second-order valence-electron chi connectivity index (χ2n) is 5.97. The fraction of sp³-hybridized carbons (Fsp3) is 0.438. The third-order valence-corrected chi connectivity index (χ3v) is 5.97. The average molecular weight is 363 g/mol. The first kappa shape index (κ1) is 17.4. The molecule has 3 rings (SSSR count). The molecule has 0 saturated carbocycles. The van der Waals surface area contributed by atoms with Gasteiger partial charge in [-0.15, -0.1) is 0 Å². The van der Waals surface area contributed by atoms with Gasteiger partial charge >= 0.3 is 6.03 Å². The van der Waals surface area contributed by atoms with Crippen molar-refractivity contribution in [3.05, 3.63) is 36.2 Å². The predicted octanol–water partition coefficient (Wildman–Crippen LogP) is 1.19. The predicted molar refractivity (Wildman–Crippen MR) is 93.5 cm³/mol. The Hall–Kier alpha value is -2.42. The standard InChI is InChI=1S/C16H21N5O3S/c1-2-21(13-8-9-25(23,24)11-13)16(22)17-10-14-18-15(20-19-14)12-6-4-3-5-7-12/h3-7,13H,2,8-11H2,1H3,(H,17,22)(H,18,19,20). The van der Waals surface area contributed by atoms with Crippen LogP contribution >= 0.6 is 0 Å². The monoisotopic (exact) mass is 363 g/mol. The summed E-state index contributed by atoms with van der Waals surface area (Å²) in [6, 6.07) is 8.99. The van der Waals surface area contributed by atoms with Crippen LogP contribution in [0.25, 0.3) is 11.4 Å². The van der Waals surface area contributed by atoms with Gasteiger partial charge in [-0.05, 0) is 13.3 Å². The Kier molecular flexibility index (Phi) is 5.03. The maximum atomic E-state index is 12.4. The van der Waals surface area contributed by atoms with E-state index < -0.39 is 9.84 Å². The lowest BCUT2D eigenvalue weighted by Gasteiger charge is -2.26. The Morgan fingerprint density at radius 2 is 2.12 bits per heavy atom. The molecular formula is C16H21N5O3S. The number of nitrogens with zero attached hydrogens (tertiary/aromatic N) is 3. The van der Waals surface area contributed by atoms with Crippen LogP contribution in [0.1, 0.15) is 19.2 Å². The number of carbonyl (C=O) groups is 1. The second-order valence-corrected chi connectivity index (χ2v) is 8.20. The fourth-order valence-electron chi connectivity index (χ4n) is 2.94. The van der Waals surface area contributed by atoms with Crippen molar-refractivity contribution in [3.63, 3.8) is 0 Å². The van der Waals surface area contributed by atoms with Crippen molar-refractivity contribution in [2.24, 2.45) is 0 Å². The first-order chi connectivity index (χ1) is 12.0. The number of sulfone groups is 1. The molecule has 8 nitrogen and oxygen atoms in total. The van der Waals surface area contributed by atoms with E-state index in [1.54, 1.807) is 4.90 Å². The van der Waals surface area contributed by atoms with Gasteiger partial charge in [-0.2, -0.15) is 5.10 Å². The van der Waals surface area contributed by atoms with Gasteiger partial charge in [0.25, 0.3) is 0 Å². The number of urea groups is 1. The average Bonchev–Trinajstić information content (AvgIpc) is 3.21. The summed E-state index contributed by atoms with van der Waals surface area (Å²) in [5, 5.41) is 9.73. The van der Waals surface area contributed by atoms with Crippen LogP contribution in [0.5, 0.6) is 0 Å². The molecule has 1 saturated heterocycles. The highest BCUT2D eigenvalue weighted by atomic mass is 32.2. The zero-order valence-corrected chi connectivity index (χ0v) is 14.8. The van der Waals surface area contributed by atoms with Gasteiger partial charge in [-0.3, -0.25) is 5.10 Å². The lowest BCUT2D eigenvalue weighted by Crippen LogP contribution is -2.46. The third-order valence-electron chi connectivity index (χ3n) is 4.22. The van der Waals surface area contributed by atoms with E-state index >= 15 is 0 Å². The Bertz CT molecular complexity index is 834. The second kappa shape index (κ2) is 7.22. The van der Waals surface area contributed by atoms with E-state index in [4.69, 9.17) is 0 Å². The Morgan fingerprint density at radius 3 is 2.76 bits per heavy atom. The van der Waals surface area contributed by atoms with Crippen LogP contribution in [0.15, 0.2) is 30.3 Å². The minimum absolute atomic E-state index is 0.0364. The van der Waals surface area contributed by atoms with Crippen molar-refractivity contribution in [2.45, 2.75) is 25.9 Å². The zero-order valence-electron chi connectivity index (χ0n) is 14.0. The number of hydrogen-bond donors (Lipinski definition) is 2. The van der Waals surface area contributed by atoms with E-state index in [1.165, 1.54) is 0 Å². The van der Waals surface area contributed by atoms with Crippen LogP contribution < -0.4 is 5.32 Å². The van der Waals surface area contributed by atoms with Crippen molar-refractivity contribution in [1.29, 1.82) is 0 Å². The number of carbonyl (C=O) groups excluding carboxylic acids is 1. The lowest BCUT2D eigenvalue weighted by molar-refractivity contribution is 0.183. The topological polar surface area (TPSA) is 108 Å². The highest BCUT2D eigenvalue weighted by Gasteiger charge is 2.33. The molecule has 1 unspecified atom stereocenters. The molecule has 0 bridgehead atoms. The normalized spacial score (nSPS) is 18.8. The molecule has 1 aromatic carbocycles. The number of benzene rings is 1. The first-order valence-corrected chi connectivity index (χ1v) is 10.0. The van der Waals surface area contributed by atoms with Crippen molar-refractivity contribution in [3.8, 4) is 11.4 Å². The van der Waals surface area contributed by atoms with E-state index in [-0.39, 0.29) is 30.1 Å². The van der Waals surface area contributed by atoms with Crippen molar-refractivity contribution in [2.75, 3.05) is 18.1 Å². The van der Waals surface area contributed by atoms with Crippen molar-refractivity contribution in [1.82, 2.24) is 25.4 Å². The van der Waals surface area contributed by atoms with Crippen molar-refractivity contribution >= 4 is 15.9 Å². The molecule has 2 aromatic rings. The molecule has 25 heavy (non-hydrogen) atoms. The zero-order chi connectivity index (χ0) is 17.9. The summed E-state index contributed by atoms with van der Waals surface area (Å²) in [4.78, 5) is 18.3. The number of amides is 2. The molecule has 9 heteroatoms. The van der Waals surface area contributed by atoms with E-state index in [0.717, 1.165) is 5.56 Å². The molecule has 1 aliphatic heterocycles. The van der Waals surface area contributed by atoms with Gasteiger partial charge in [-0.1, -0.05) is 30.3 Å². The van der Waals surface area contributed by atoms with Crippen LogP contribution in [-0.4, -0.2) is 58.6 Å². The van der Waals surface area contributed by atoms with E-state index in [2.05, 4.69) is 20.5 Å². The summed E-state index contributed by atoms with van der Waals surface area (Å²) in [5.41, 5.74) is 0.891. The molecule has 2 heterocycles. The number of aromatic amines is 1. The Balaban J connectivity index is 1.59.